The largest absolute Gasteiger partial charge is 0.481 e. The van der Waals surface area contributed by atoms with Crippen LogP contribution < -0.4 is 5.32 Å². The van der Waals surface area contributed by atoms with Crippen LogP contribution in [0.4, 0.5) is 0 Å². The molecule has 1 saturated heterocycles. The smallest absolute Gasteiger partial charge is 0.323 e. The van der Waals surface area contributed by atoms with Crippen LogP contribution in [0.5, 0.6) is 0 Å². The number of aliphatic carboxylic acids is 1. The molecule has 0 aliphatic carbocycles. The lowest BCUT2D eigenvalue weighted by atomic mass is 10.1. The summed E-state index contributed by atoms with van der Waals surface area (Å²) in [6.07, 6.45) is 0.0909. The molecule has 0 radical (unpaired) electrons. The molecule has 1 aliphatic heterocycles. The van der Waals surface area contributed by atoms with E-state index in [1.165, 1.54) is 0 Å². The van der Waals surface area contributed by atoms with Crippen molar-refractivity contribution in [1.29, 1.82) is 0 Å². The standard InChI is InChI=1S/C46H85N5O15/c1-43(2,3)63-39(55)33-48-17-19-49(34-40(56)64-44(4,5)6)21-23-51(24-22-50(20-18-48)35-41(57)65-45(7,8)9)36(42(58)66-46(10,11)12)13-14-37(52)47-16-26-60-28-30-62-32-31-61-29-27-59-25-15-38(53)54/h36H,13-35H2,1-12H3,(H,47,52)(H,53,54)/t36-/m1/s1. The normalized spacial score (nSPS) is 16.4. The average Bonchev–Trinajstić information content (AvgIpc) is 3.13. The quantitative estimate of drug-likeness (QED) is 0.0722. The summed E-state index contributed by atoms with van der Waals surface area (Å²) in [5.74, 6) is -2.91. The number of carboxylic acid groups (broad SMARTS) is 1. The second kappa shape index (κ2) is 30.8. The van der Waals surface area contributed by atoms with Crippen LogP contribution in [0.15, 0.2) is 0 Å². The first-order valence-corrected chi connectivity index (χ1v) is 23.2. The lowest BCUT2D eigenvalue weighted by Gasteiger charge is -2.37. The minimum absolute atomic E-state index is 0.00167. The number of ether oxygens (including phenoxy) is 8. The van der Waals surface area contributed by atoms with Gasteiger partial charge in [0.25, 0.3) is 0 Å². The Morgan fingerprint density at radius 1 is 0.470 bits per heavy atom. The minimum Gasteiger partial charge on any atom is -0.481 e. The van der Waals surface area contributed by atoms with Crippen molar-refractivity contribution in [3.8, 4) is 0 Å². The number of rotatable bonds is 26. The van der Waals surface area contributed by atoms with Crippen LogP contribution in [0.25, 0.3) is 0 Å². The predicted octanol–water partition coefficient (Wildman–Crippen LogP) is 2.38. The van der Waals surface area contributed by atoms with Crippen molar-refractivity contribution in [2.75, 3.05) is 131 Å². The van der Waals surface area contributed by atoms with Gasteiger partial charge in [-0.3, -0.25) is 48.4 Å². The van der Waals surface area contributed by atoms with Gasteiger partial charge in [0, 0.05) is 65.3 Å². The van der Waals surface area contributed by atoms with Gasteiger partial charge in [-0.05, 0) is 89.5 Å². The Hall–Kier alpha value is -3.50. The molecule has 384 valence electrons. The van der Waals surface area contributed by atoms with Crippen LogP contribution in [0.2, 0.25) is 0 Å². The van der Waals surface area contributed by atoms with Gasteiger partial charge in [-0.1, -0.05) is 0 Å². The van der Waals surface area contributed by atoms with Gasteiger partial charge in [-0.15, -0.1) is 0 Å². The molecule has 1 amide bonds. The molecule has 1 rings (SSSR count). The summed E-state index contributed by atoms with van der Waals surface area (Å²) in [6, 6.07) is -0.852. The molecule has 1 heterocycles. The summed E-state index contributed by atoms with van der Waals surface area (Å²) in [6.45, 7) is 26.9. The monoisotopic (exact) mass is 948 g/mol. The summed E-state index contributed by atoms with van der Waals surface area (Å²) in [5, 5.41) is 11.5. The van der Waals surface area contributed by atoms with Crippen molar-refractivity contribution in [2.24, 2.45) is 0 Å². The van der Waals surface area contributed by atoms with E-state index in [1.54, 1.807) is 62.3 Å². The topological polar surface area (TPSA) is 221 Å². The summed E-state index contributed by atoms with van der Waals surface area (Å²) >= 11 is 0. The van der Waals surface area contributed by atoms with Crippen molar-refractivity contribution < 1.29 is 71.8 Å². The van der Waals surface area contributed by atoms with E-state index in [9.17, 15) is 28.8 Å². The van der Waals surface area contributed by atoms with Gasteiger partial charge in [-0.2, -0.15) is 0 Å². The SMILES string of the molecule is CC(C)(C)OC(=O)CN1CCN(CC(=O)OC(C)(C)C)CCN([C@H](CCC(=O)NCCOCCOCCOCCOCCC(=O)O)C(=O)OC(C)(C)C)CCN(CC(=O)OC(C)(C)C)CC1. The van der Waals surface area contributed by atoms with Crippen molar-refractivity contribution in [3.63, 3.8) is 0 Å². The highest BCUT2D eigenvalue weighted by atomic mass is 16.6. The maximum atomic E-state index is 14.1. The van der Waals surface area contributed by atoms with Crippen LogP contribution >= 0.6 is 0 Å². The van der Waals surface area contributed by atoms with Crippen LogP contribution in [0, 0.1) is 0 Å². The number of hydrogen-bond acceptors (Lipinski definition) is 18. The lowest BCUT2D eigenvalue weighted by molar-refractivity contribution is -0.163. The average molecular weight is 948 g/mol. The van der Waals surface area contributed by atoms with Gasteiger partial charge in [0.2, 0.25) is 5.91 Å². The van der Waals surface area contributed by atoms with Crippen LogP contribution in [0.1, 0.15) is 102 Å². The minimum atomic E-state index is -0.913. The Kier molecular flexibility index (Phi) is 28.2. The third kappa shape index (κ3) is 33.9. The van der Waals surface area contributed by atoms with E-state index in [4.69, 9.17) is 43.0 Å². The Balaban J connectivity index is 3.14. The molecule has 1 aliphatic rings. The number of carboxylic acids is 1. The summed E-state index contributed by atoms with van der Waals surface area (Å²) in [5.41, 5.74) is -2.92. The Morgan fingerprint density at radius 2 is 0.803 bits per heavy atom. The Bertz CT molecular complexity index is 1410. The molecule has 0 saturated carbocycles. The van der Waals surface area contributed by atoms with Crippen molar-refractivity contribution in [1.82, 2.24) is 24.9 Å². The number of esters is 4. The highest BCUT2D eigenvalue weighted by Gasteiger charge is 2.33. The number of carbonyl (C=O) groups excluding carboxylic acids is 5. The van der Waals surface area contributed by atoms with Gasteiger partial charge in [0.1, 0.15) is 28.4 Å². The maximum absolute atomic E-state index is 14.1. The number of carbonyl (C=O) groups is 6. The van der Waals surface area contributed by atoms with Gasteiger partial charge in [0.05, 0.1) is 78.9 Å². The van der Waals surface area contributed by atoms with E-state index in [2.05, 4.69) is 5.32 Å². The second-order valence-corrected chi connectivity index (χ2v) is 20.2. The zero-order valence-corrected chi connectivity index (χ0v) is 42.3. The fraction of sp³-hybridized carbons (Fsp3) is 0.870. The number of hydrogen-bond donors (Lipinski definition) is 2. The molecule has 20 nitrogen and oxygen atoms in total. The zero-order chi connectivity index (χ0) is 50.0. The molecule has 66 heavy (non-hydrogen) atoms. The van der Waals surface area contributed by atoms with Gasteiger partial charge in [-0.25, -0.2) is 0 Å². The molecule has 0 bridgehead atoms. The highest BCUT2D eigenvalue weighted by Crippen LogP contribution is 2.18. The first-order chi connectivity index (χ1) is 30.6. The summed E-state index contributed by atoms with van der Waals surface area (Å²) in [4.78, 5) is 85.0. The number of amides is 1. The number of nitrogens with zero attached hydrogens (tertiary/aromatic N) is 4. The van der Waals surface area contributed by atoms with Crippen molar-refractivity contribution in [3.05, 3.63) is 0 Å². The predicted molar refractivity (Wildman–Crippen MR) is 246 cm³/mol. The van der Waals surface area contributed by atoms with E-state index in [0.717, 1.165) is 0 Å². The van der Waals surface area contributed by atoms with Gasteiger partial charge >= 0.3 is 29.8 Å². The summed E-state index contributed by atoms with van der Waals surface area (Å²) < 4.78 is 44.6. The molecule has 1 fully saturated rings. The van der Waals surface area contributed by atoms with E-state index in [-0.39, 0.29) is 64.6 Å². The molecule has 20 heteroatoms. The summed E-state index contributed by atoms with van der Waals surface area (Å²) in [7, 11) is 0. The van der Waals surface area contributed by atoms with Crippen LogP contribution in [-0.2, 0) is 66.7 Å². The fourth-order valence-electron chi connectivity index (χ4n) is 6.37. The third-order valence-electron chi connectivity index (χ3n) is 9.10. The molecule has 0 aromatic rings. The molecule has 1 atom stereocenters. The zero-order valence-electron chi connectivity index (χ0n) is 42.3. The van der Waals surface area contributed by atoms with Crippen LogP contribution in [-0.4, -0.2) is 220 Å². The van der Waals surface area contributed by atoms with Gasteiger partial charge in [0.15, 0.2) is 0 Å². The fourth-order valence-corrected chi connectivity index (χ4v) is 6.37. The third-order valence-corrected chi connectivity index (χ3v) is 9.10. The van der Waals surface area contributed by atoms with Crippen molar-refractivity contribution in [2.45, 2.75) is 131 Å². The molecular formula is C46H85N5O15. The Labute approximate surface area is 393 Å². The Morgan fingerprint density at radius 3 is 1.15 bits per heavy atom. The molecule has 0 aromatic heterocycles. The highest BCUT2D eigenvalue weighted by molar-refractivity contribution is 5.79. The molecule has 0 unspecified atom stereocenters. The van der Waals surface area contributed by atoms with E-state index in [0.29, 0.717) is 92.0 Å². The number of nitrogens with one attached hydrogen (secondary N) is 1. The van der Waals surface area contributed by atoms with E-state index in [1.807, 2.05) is 40.4 Å². The van der Waals surface area contributed by atoms with Crippen molar-refractivity contribution >= 4 is 35.8 Å². The van der Waals surface area contributed by atoms with E-state index < -0.39 is 58.3 Å². The molecule has 0 spiro atoms. The first kappa shape index (κ1) is 60.5. The molecular weight excluding hydrogens is 863 g/mol. The van der Waals surface area contributed by atoms with Crippen LogP contribution in [0.3, 0.4) is 0 Å². The lowest BCUT2D eigenvalue weighted by Crippen LogP contribution is -2.53. The van der Waals surface area contributed by atoms with Gasteiger partial charge < -0.3 is 48.3 Å². The first-order valence-electron chi connectivity index (χ1n) is 23.2. The second-order valence-electron chi connectivity index (χ2n) is 20.2. The maximum Gasteiger partial charge on any atom is 0.323 e. The molecule has 2 N–H and O–H groups in total. The molecule has 0 aromatic carbocycles. The van der Waals surface area contributed by atoms with E-state index >= 15 is 0 Å².